The van der Waals surface area contributed by atoms with Crippen LogP contribution in [0.15, 0.2) is 24.3 Å². The molecule has 0 aromatic heterocycles. The van der Waals surface area contributed by atoms with Crippen LogP contribution in [0.1, 0.15) is 30.1 Å². The Kier molecular flexibility index (Phi) is 6.21. The fourth-order valence-corrected chi connectivity index (χ4v) is 1.47. The van der Waals surface area contributed by atoms with Crippen LogP contribution in [0.2, 0.25) is 0 Å². The minimum Gasteiger partial charge on any atom is -0.435 e. The molecule has 0 spiro atoms. The van der Waals surface area contributed by atoms with E-state index in [9.17, 15) is 18.7 Å². The number of aliphatic hydroxyl groups is 1. The van der Waals surface area contributed by atoms with Crippen molar-refractivity contribution in [3.63, 3.8) is 0 Å². The molecule has 1 rings (SSSR count). The number of nitrogens with one attached hydrogen (secondary N) is 1. The standard InChI is InChI=1S/C13H17F2NO3/c1-2-10(17)6-7-16-12(18)9-4-3-5-11(8-9)19-13(14)15/h3-5,8,10,13,17H,2,6-7H2,1H3,(H,16,18). The van der Waals surface area contributed by atoms with Crippen molar-refractivity contribution in [2.75, 3.05) is 6.54 Å². The number of carbonyl (C=O) groups is 1. The maximum atomic E-state index is 12.0. The van der Waals surface area contributed by atoms with E-state index in [4.69, 9.17) is 0 Å². The van der Waals surface area contributed by atoms with Gasteiger partial charge in [0.1, 0.15) is 5.75 Å². The van der Waals surface area contributed by atoms with Crippen LogP contribution in [0.25, 0.3) is 0 Å². The summed E-state index contributed by atoms with van der Waals surface area (Å²) in [7, 11) is 0. The van der Waals surface area contributed by atoms with Crippen LogP contribution >= 0.6 is 0 Å². The Labute approximate surface area is 110 Å². The van der Waals surface area contributed by atoms with Crippen molar-refractivity contribution in [3.05, 3.63) is 29.8 Å². The molecule has 1 unspecified atom stereocenters. The molecule has 0 aliphatic carbocycles. The van der Waals surface area contributed by atoms with Gasteiger partial charge in [-0.1, -0.05) is 13.0 Å². The zero-order valence-corrected chi connectivity index (χ0v) is 10.6. The van der Waals surface area contributed by atoms with E-state index in [2.05, 4.69) is 10.1 Å². The van der Waals surface area contributed by atoms with E-state index >= 15 is 0 Å². The number of hydrogen-bond donors (Lipinski definition) is 2. The van der Waals surface area contributed by atoms with Crippen molar-refractivity contribution < 1.29 is 23.4 Å². The molecule has 6 heteroatoms. The summed E-state index contributed by atoms with van der Waals surface area (Å²) in [6.07, 6.45) is 0.622. The highest BCUT2D eigenvalue weighted by molar-refractivity contribution is 5.94. The summed E-state index contributed by atoms with van der Waals surface area (Å²) in [6.45, 7) is -0.746. The second-order valence-corrected chi connectivity index (χ2v) is 4.01. The van der Waals surface area contributed by atoms with Crippen molar-refractivity contribution in [2.24, 2.45) is 0 Å². The Morgan fingerprint density at radius 1 is 1.47 bits per heavy atom. The van der Waals surface area contributed by atoms with E-state index in [1.807, 2.05) is 6.92 Å². The molecule has 0 aliphatic heterocycles. The quantitative estimate of drug-likeness (QED) is 0.800. The number of hydrogen-bond acceptors (Lipinski definition) is 3. The third-order valence-corrected chi connectivity index (χ3v) is 2.56. The molecule has 19 heavy (non-hydrogen) atoms. The van der Waals surface area contributed by atoms with Gasteiger partial charge in [0.15, 0.2) is 0 Å². The zero-order valence-electron chi connectivity index (χ0n) is 10.6. The second kappa shape index (κ2) is 7.68. The highest BCUT2D eigenvalue weighted by Crippen LogP contribution is 2.15. The van der Waals surface area contributed by atoms with Gasteiger partial charge in [-0.3, -0.25) is 4.79 Å². The number of aliphatic hydroxyl groups excluding tert-OH is 1. The molecule has 0 saturated heterocycles. The van der Waals surface area contributed by atoms with Gasteiger partial charge in [-0.15, -0.1) is 0 Å². The molecule has 1 aromatic carbocycles. The van der Waals surface area contributed by atoms with Crippen LogP contribution in [0, 0.1) is 0 Å². The van der Waals surface area contributed by atoms with E-state index < -0.39 is 12.7 Å². The number of ether oxygens (including phenoxy) is 1. The Balaban J connectivity index is 2.52. The first-order chi connectivity index (χ1) is 9.02. The predicted molar refractivity (Wildman–Crippen MR) is 66.3 cm³/mol. The Hall–Kier alpha value is -1.69. The van der Waals surface area contributed by atoms with Crippen molar-refractivity contribution in [2.45, 2.75) is 32.5 Å². The monoisotopic (exact) mass is 273 g/mol. The molecule has 0 bridgehead atoms. The van der Waals surface area contributed by atoms with E-state index in [1.165, 1.54) is 24.3 Å². The lowest BCUT2D eigenvalue weighted by Gasteiger charge is -2.10. The summed E-state index contributed by atoms with van der Waals surface area (Å²) in [5, 5.41) is 11.9. The van der Waals surface area contributed by atoms with Crippen LogP contribution in [0.4, 0.5) is 8.78 Å². The first-order valence-electron chi connectivity index (χ1n) is 6.04. The summed E-state index contributed by atoms with van der Waals surface area (Å²) >= 11 is 0. The molecule has 0 saturated carbocycles. The van der Waals surface area contributed by atoms with Crippen molar-refractivity contribution in [3.8, 4) is 5.75 Å². The number of alkyl halides is 2. The third-order valence-electron chi connectivity index (χ3n) is 2.56. The van der Waals surface area contributed by atoms with Crippen molar-refractivity contribution in [1.82, 2.24) is 5.32 Å². The Morgan fingerprint density at radius 2 is 2.21 bits per heavy atom. The van der Waals surface area contributed by atoms with E-state index in [0.29, 0.717) is 19.4 Å². The number of rotatable bonds is 7. The van der Waals surface area contributed by atoms with Crippen LogP contribution in [0.5, 0.6) is 5.75 Å². The normalized spacial score (nSPS) is 12.3. The average molecular weight is 273 g/mol. The van der Waals surface area contributed by atoms with Crippen LogP contribution in [-0.2, 0) is 0 Å². The largest absolute Gasteiger partial charge is 0.435 e. The number of carbonyl (C=O) groups excluding carboxylic acids is 1. The molecule has 1 atom stereocenters. The van der Waals surface area contributed by atoms with Crippen LogP contribution in [0.3, 0.4) is 0 Å². The van der Waals surface area contributed by atoms with Crippen LogP contribution < -0.4 is 10.1 Å². The zero-order chi connectivity index (χ0) is 14.3. The van der Waals surface area contributed by atoms with E-state index in [1.54, 1.807) is 0 Å². The molecule has 2 N–H and O–H groups in total. The average Bonchev–Trinajstić information content (AvgIpc) is 2.37. The topological polar surface area (TPSA) is 58.6 Å². The smallest absolute Gasteiger partial charge is 0.387 e. The molecule has 4 nitrogen and oxygen atoms in total. The summed E-state index contributed by atoms with van der Waals surface area (Å²) in [5.41, 5.74) is 0.240. The third kappa shape index (κ3) is 5.65. The minimum absolute atomic E-state index is 0.0590. The molecular weight excluding hydrogens is 256 g/mol. The summed E-state index contributed by atoms with van der Waals surface area (Å²) in [4.78, 5) is 11.7. The van der Waals surface area contributed by atoms with Gasteiger partial charge in [-0.05, 0) is 31.0 Å². The number of amides is 1. The molecule has 0 aliphatic rings. The molecule has 106 valence electrons. The maximum Gasteiger partial charge on any atom is 0.387 e. The minimum atomic E-state index is -2.92. The second-order valence-electron chi connectivity index (χ2n) is 4.01. The fourth-order valence-electron chi connectivity index (χ4n) is 1.47. The van der Waals surface area contributed by atoms with Gasteiger partial charge in [0, 0.05) is 12.1 Å². The van der Waals surface area contributed by atoms with Gasteiger partial charge >= 0.3 is 6.61 Å². The van der Waals surface area contributed by atoms with Gasteiger partial charge in [0.25, 0.3) is 5.91 Å². The first-order valence-corrected chi connectivity index (χ1v) is 6.04. The highest BCUT2D eigenvalue weighted by atomic mass is 19.3. The lowest BCUT2D eigenvalue weighted by Crippen LogP contribution is -2.27. The number of benzene rings is 1. The predicted octanol–water partition coefficient (Wildman–Crippen LogP) is 2.18. The molecule has 1 amide bonds. The molecule has 1 aromatic rings. The van der Waals surface area contributed by atoms with E-state index in [0.717, 1.165) is 0 Å². The molecule has 0 radical (unpaired) electrons. The van der Waals surface area contributed by atoms with Crippen molar-refractivity contribution >= 4 is 5.91 Å². The Bertz CT molecular complexity index is 413. The first kappa shape index (κ1) is 15.4. The summed E-state index contributed by atoms with van der Waals surface area (Å²) < 4.78 is 28.3. The number of halogens is 2. The molecule has 0 fully saturated rings. The Morgan fingerprint density at radius 3 is 2.84 bits per heavy atom. The lowest BCUT2D eigenvalue weighted by molar-refractivity contribution is -0.0498. The maximum absolute atomic E-state index is 12.0. The SMILES string of the molecule is CCC(O)CCNC(=O)c1cccc(OC(F)F)c1. The lowest BCUT2D eigenvalue weighted by atomic mass is 10.2. The summed E-state index contributed by atoms with van der Waals surface area (Å²) in [5.74, 6) is -0.445. The summed E-state index contributed by atoms with van der Waals surface area (Å²) in [6, 6.07) is 5.57. The van der Waals surface area contributed by atoms with Gasteiger partial charge in [0.2, 0.25) is 0 Å². The highest BCUT2D eigenvalue weighted by Gasteiger charge is 2.09. The fraction of sp³-hybridized carbons (Fsp3) is 0.462. The van der Waals surface area contributed by atoms with Crippen LogP contribution in [-0.4, -0.2) is 30.3 Å². The van der Waals surface area contributed by atoms with E-state index in [-0.39, 0.29) is 17.2 Å². The van der Waals surface area contributed by atoms with Gasteiger partial charge in [0.05, 0.1) is 6.10 Å². The molecular formula is C13H17F2NO3. The molecule has 0 heterocycles. The van der Waals surface area contributed by atoms with Crippen molar-refractivity contribution in [1.29, 1.82) is 0 Å². The van der Waals surface area contributed by atoms with Gasteiger partial charge in [-0.25, -0.2) is 0 Å². The van der Waals surface area contributed by atoms with Gasteiger partial charge < -0.3 is 15.2 Å². The van der Waals surface area contributed by atoms with Gasteiger partial charge in [-0.2, -0.15) is 8.78 Å².